The van der Waals surface area contributed by atoms with Gasteiger partial charge in [-0.3, -0.25) is 0 Å². The first kappa shape index (κ1) is 16.6. The van der Waals surface area contributed by atoms with Crippen molar-refractivity contribution in [3.05, 3.63) is 90.5 Å². The topological polar surface area (TPSA) is 24.8 Å². The van der Waals surface area contributed by atoms with E-state index in [0.717, 1.165) is 11.4 Å². The monoisotopic (exact) mass is 338 g/mol. The maximum absolute atomic E-state index is 12.6. The van der Waals surface area contributed by atoms with Crippen molar-refractivity contribution >= 4 is 17.6 Å². The van der Waals surface area contributed by atoms with Crippen LogP contribution >= 0.6 is 0 Å². The highest BCUT2D eigenvalue weighted by Gasteiger charge is 2.10. The van der Waals surface area contributed by atoms with Crippen LogP contribution in [0.5, 0.6) is 5.75 Å². The summed E-state index contributed by atoms with van der Waals surface area (Å²) < 4.78 is 29.7. The van der Waals surface area contributed by atoms with Gasteiger partial charge in [0, 0.05) is 5.56 Å². The van der Waals surface area contributed by atoms with E-state index in [-0.39, 0.29) is 5.75 Å². The van der Waals surface area contributed by atoms with E-state index in [1.807, 2.05) is 60.7 Å². The molecule has 0 heterocycles. The molecule has 0 aliphatic carbocycles. The third-order valence-corrected chi connectivity index (χ3v) is 3.45. The molecule has 5 heteroatoms. The Labute approximate surface area is 144 Å². The zero-order valence-corrected chi connectivity index (χ0v) is 13.3. The molecule has 3 aromatic rings. The Morgan fingerprint density at radius 2 is 1.28 bits per heavy atom. The Morgan fingerprint density at radius 3 is 1.84 bits per heavy atom. The molecule has 25 heavy (non-hydrogen) atoms. The third-order valence-electron chi connectivity index (χ3n) is 3.45. The molecule has 0 aliphatic rings. The molecule has 0 atom stereocenters. The summed E-state index contributed by atoms with van der Waals surface area (Å²) in [5.74, 6) is 0.0855. The summed E-state index contributed by atoms with van der Waals surface area (Å²) in [5.41, 5.74) is 2.19. The van der Waals surface area contributed by atoms with Gasteiger partial charge in [-0.05, 0) is 36.4 Å². The smallest absolute Gasteiger partial charge is 0.387 e. The van der Waals surface area contributed by atoms with Crippen molar-refractivity contribution in [3.63, 3.8) is 0 Å². The average molecular weight is 338 g/mol. The number of para-hydroxylation sites is 3. The second-order valence-electron chi connectivity index (χ2n) is 5.14. The SMILES string of the molecule is FC(F)Oc1ccccc1/C=N\N(c1ccccc1)c1ccccc1. The molecular weight excluding hydrogens is 322 g/mol. The van der Waals surface area contributed by atoms with Crippen LogP contribution < -0.4 is 9.75 Å². The minimum absolute atomic E-state index is 0.0855. The van der Waals surface area contributed by atoms with Gasteiger partial charge in [0.1, 0.15) is 5.75 Å². The van der Waals surface area contributed by atoms with E-state index >= 15 is 0 Å². The predicted octanol–water partition coefficient (Wildman–Crippen LogP) is 5.46. The van der Waals surface area contributed by atoms with Gasteiger partial charge in [0.15, 0.2) is 0 Å². The van der Waals surface area contributed by atoms with Crippen LogP contribution in [0.2, 0.25) is 0 Å². The van der Waals surface area contributed by atoms with Crippen LogP contribution in [0, 0.1) is 0 Å². The van der Waals surface area contributed by atoms with Gasteiger partial charge in [-0.1, -0.05) is 48.5 Å². The number of benzene rings is 3. The zero-order chi connectivity index (χ0) is 17.5. The Balaban J connectivity index is 1.95. The fourth-order valence-corrected chi connectivity index (χ4v) is 2.33. The van der Waals surface area contributed by atoms with E-state index in [1.54, 1.807) is 23.2 Å². The molecule has 0 saturated carbocycles. The van der Waals surface area contributed by atoms with E-state index in [2.05, 4.69) is 9.84 Å². The number of anilines is 2. The molecule has 0 saturated heterocycles. The van der Waals surface area contributed by atoms with Crippen LogP contribution in [-0.4, -0.2) is 12.8 Å². The first-order chi connectivity index (χ1) is 12.2. The fourth-order valence-electron chi connectivity index (χ4n) is 2.33. The summed E-state index contributed by atoms with van der Waals surface area (Å²) in [5, 5.41) is 6.22. The summed E-state index contributed by atoms with van der Waals surface area (Å²) in [4.78, 5) is 0. The second kappa shape index (κ2) is 8.06. The molecule has 0 fully saturated rings. The largest absolute Gasteiger partial charge is 0.434 e. The standard InChI is InChI=1S/C20H16F2N2O/c21-20(22)25-19-14-8-7-9-16(19)15-23-24(17-10-3-1-4-11-17)18-12-5-2-6-13-18/h1-15,20H/b23-15-. The minimum Gasteiger partial charge on any atom is -0.434 e. The Kier molecular flexibility index (Phi) is 5.36. The molecule has 0 spiro atoms. The van der Waals surface area contributed by atoms with Crippen molar-refractivity contribution in [1.82, 2.24) is 0 Å². The second-order valence-corrected chi connectivity index (χ2v) is 5.14. The molecule has 0 aromatic heterocycles. The van der Waals surface area contributed by atoms with E-state index in [0.29, 0.717) is 5.56 Å². The summed E-state index contributed by atoms with van der Waals surface area (Å²) >= 11 is 0. The maximum Gasteiger partial charge on any atom is 0.387 e. The van der Waals surface area contributed by atoms with Gasteiger partial charge in [-0.25, -0.2) is 5.01 Å². The van der Waals surface area contributed by atoms with Gasteiger partial charge in [-0.2, -0.15) is 13.9 Å². The summed E-state index contributed by atoms with van der Waals surface area (Å²) in [7, 11) is 0. The lowest BCUT2D eigenvalue weighted by Gasteiger charge is -2.19. The molecule has 3 rings (SSSR count). The van der Waals surface area contributed by atoms with Crippen LogP contribution in [0.15, 0.2) is 90.0 Å². The lowest BCUT2D eigenvalue weighted by molar-refractivity contribution is -0.0499. The molecule has 0 radical (unpaired) electrons. The Hall–Kier alpha value is -3.21. The van der Waals surface area contributed by atoms with Crippen LogP contribution in [-0.2, 0) is 0 Å². The molecule has 126 valence electrons. The molecule has 0 N–H and O–H groups in total. The van der Waals surface area contributed by atoms with Gasteiger partial charge >= 0.3 is 6.61 Å². The maximum atomic E-state index is 12.6. The van der Waals surface area contributed by atoms with Crippen molar-refractivity contribution in [1.29, 1.82) is 0 Å². The van der Waals surface area contributed by atoms with E-state index in [4.69, 9.17) is 0 Å². The molecule has 3 aromatic carbocycles. The van der Waals surface area contributed by atoms with E-state index in [9.17, 15) is 8.78 Å². The van der Waals surface area contributed by atoms with Crippen molar-refractivity contribution in [2.45, 2.75) is 6.61 Å². The molecule has 3 nitrogen and oxygen atoms in total. The number of nitrogens with zero attached hydrogens (tertiary/aromatic N) is 2. The fraction of sp³-hybridized carbons (Fsp3) is 0.0500. The third kappa shape index (κ3) is 4.41. The van der Waals surface area contributed by atoms with Crippen molar-refractivity contribution in [2.75, 3.05) is 5.01 Å². The first-order valence-electron chi connectivity index (χ1n) is 7.72. The number of alkyl halides is 2. The number of hydrogen-bond acceptors (Lipinski definition) is 3. The number of ether oxygens (including phenoxy) is 1. The van der Waals surface area contributed by atoms with Crippen LogP contribution in [0.1, 0.15) is 5.56 Å². The number of rotatable bonds is 6. The summed E-state index contributed by atoms with van der Waals surface area (Å²) in [6.45, 7) is -2.88. The van der Waals surface area contributed by atoms with Gasteiger partial charge < -0.3 is 4.74 Å². The lowest BCUT2D eigenvalue weighted by Crippen LogP contribution is -2.10. The molecule has 0 aliphatic heterocycles. The molecule has 0 amide bonds. The van der Waals surface area contributed by atoms with Crippen LogP contribution in [0.3, 0.4) is 0 Å². The number of hydrazone groups is 1. The van der Waals surface area contributed by atoms with Crippen LogP contribution in [0.4, 0.5) is 20.2 Å². The molecule has 0 bridgehead atoms. The summed E-state index contributed by atoms with van der Waals surface area (Å²) in [6.07, 6.45) is 1.51. The Bertz CT molecular complexity index is 784. The average Bonchev–Trinajstić information content (AvgIpc) is 2.64. The van der Waals surface area contributed by atoms with Crippen LogP contribution in [0.25, 0.3) is 0 Å². The van der Waals surface area contributed by atoms with Crippen molar-refractivity contribution in [3.8, 4) is 5.75 Å². The van der Waals surface area contributed by atoms with Gasteiger partial charge in [0.25, 0.3) is 0 Å². The van der Waals surface area contributed by atoms with Crippen molar-refractivity contribution < 1.29 is 13.5 Å². The summed E-state index contributed by atoms with van der Waals surface area (Å²) in [6, 6.07) is 25.7. The predicted molar refractivity (Wildman–Crippen MR) is 95.7 cm³/mol. The minimum atomic E-state index is -2.88. The van der Waals surface area contributed by atoms with E-state index < -0.39 is 6.61 Å². The molecular formula is C20H16F2N2O. The lowest BCUT2D eigenvalue weighted by atomic mass is 10.2. The highest BCUT2D eigenvalue weighted by molar-refractivity contribution is 5.85. The normalized spacial score (nSPS) is 11.0. The quantitative estimate of drug-likeness (QED) is 0.440. The van der Waals surface area contributed by atoms with Gasteiger partial charge in [-0.15, -0.1) is 0 Å². The first-order valence-corrected chi connectivity index (χ1v) is 7.72. The van der Waals surface area contributed by atoms with Gasteiger partial charge in [0.2, 0.25) is 0 Å². The highest BCUT2D eigenvalue weighted by atomic mass is 19.3. The highest BCUT2D eigenvalue weighted by Crippen LogP contribution is 2.26. The van der Waals surface area contributed by atoms with Crippen molar-refractivity contribution in [2.24, 2.45) is 5.10 Å². The number of hydrogen-bond donors (Lipinski definition) is 0. The van der Waals surface area contributed by atoms with Gasteiger partial charge in [0.05, 0.1) is 17.6 Å². The Morgan fingerprint density at radius 1 is 0.760 bits per heavy atom. The molecule has 0 unspecified atom stereocenters. The number of halogens is 2. The zero-order valence-electron chi connectivity index (χ0n) is 13.3. The van der Waals surface area contributed by atoms with E-state index in [1.165, 1.54) is 12.3 Å².